The van der Waals surface area contributed by atoms with Gasteiger partial charge in [-0.15, -0.1) is 10.9 Å². The van der Waals surface area contributed by atoms with Gasteiger partial charge in [0.2, 0.25) is 0 Å². The van der Waals surface area contributed by atoms with Crippen molar-refractivity contribution in [3.05, 3.63) is 53.7 Å². The third-order valence-electron chi connectivity index (χ3n) is 3.58. The van der Waals surface area contributed by atoms with Gasteiger partial charge in [0, 0.05) is 19.4 Å². The van der Waals surface area contributed by atoms with Gasteiger partial charge >= 0.3 is 6.18 Å². The van der Waals surface area contributed by atoms with Crippen LogP contribution in [-0.4, -0.2) is 17.2 Å². The van der Waals surface area contributed by atoms with E-state index in [0.29, 0.717) is 21.4 Å². The van der Waals surface area contributed by atoms with Crippen molar-refractivity contribution in [1.82, 2.24) is 4.98 Å². The van der Waals surface area contributed by atoms with Crippen LogP contribution in [0.5, 0.6) is 0 Å². The molecule has 4 nitrogen and oxygen atoms in total. The fraction of sp³-hybridized carbons (Fsp3) is 0.125. The zero-order chi connectivity index (χ0) is 17.3. The minimum atomic E-state index is -4.47. The Hall–Kier alpha value is -2.48. The monoisotopic (exact) mass is 352 g/mol. The Morgan fingerprint density at radius 1 is 1.17 bits per heavy atom. The molecule has 0 aliphatic carbocycles. The number of alkyl halides is 3. The lowest BCUT2D eigenvalue weighted by Crippen LogP contribution is -2.11. The van der Waals surface area contributed by atoms with E-state index in [1.54, 1.807) is 30.7 Å². The first-order chi connectivity index (χ1) is 11.4. The smallest absolute Gasteiger partial charge is 0.379 e. The average molecular weight is 352 g/mol. The van der Waals surface area contributed by atoms with Crippen LogP contribution in [0, 0.1) is 0 Å². The molecule has 1 atom stereocenters. The third-order valence-corrected chi connectivity index (χ3v) is 5.46. The maximum absolute atomic E-state index is 13.6. The van der Waals surface area contributed by atoms with Gasteiger partial charge in [-0.1, -0.05) is 6.07 Å². The lowest BCUT2D eigenvalue weighted by atomic mass is 10.00. The van der Waals surface area contributed by atoms with E-state index in [0.717, 1.165) is 0 Å². The molecule has 0 fully saturated rings. The van der Waals surface area contributed by atoms with Crippen LogP contribution in [0.4, 0.5) is 19.0 Å². The van der Waals surface area contributed by atoms with Gasteiger partial charge in [-0.2, -0.15) is 13.2 Å². The number of anilines is 1. The number of hydrogen-bond donors (Lipinski definition) is 3. The van der Waals surface area contributed by atoms with Crippen LogP contribution >= 0.6 is 10.9 Å². The lowest BCUT2D eigenvalue weighted by Gasteiger charge is -2.19. The van der Waals surface area contributed by atoms with E-state index in [-0.39, 0.29) is 5.56 Å². The average Bonchev–Trinajstić information content (AvgIpc) is 2.99. The summed E-state index contributed by atoms with van der Waals surface area (Å²) in [6.45, 7) is 0. The number of hydrogen-bond acceptors (Lipinski definition) is 4. The summed E-state index contributed by atoms with van der Waals surface area (Å²) < 4.78 is 40.7. The SMILES string of the molecule is CNc1cc(-c2ccc([SH]3C=CN=C3N)cc2C(F)(F)F)ccn1. The summed E-state index contributed by atoms with van der Waals surface area (Å²) in [5.41, 5.74) is 5.64. The van der Waals surface area contributed by atoms with Crippen LogP contribution in [0.25, 0.3) is 11.1 Å². The molecule has 1 aliphatic rings. The highest BCUT2D eigenvalue weighted by Crippen LogP contribution is 2.45. The van der Waals surface area contributed by atoms with Gasteiger partial charge in [0.25, 0.3) is 0 Å². The Labute approximate surface area is 139 Å². The summed E-state index contributed by atoms with van der Waals surface area (Å²) in [7, 11) is 0.531. The Bertz CT molecular complexity index is 830. The molecule has 0 bridgehead atoms. The number of amidine groups is 1. The molecular weight excluding hydrogens is 337 g/mol. The molecule has 1 unspecified atom stereocenters. The summed E-state index contributed by atoms with van der Waals surface area (Å²) in [5.74, 6) is 0.504. The maximum atomic E-state index is 13.6. The second-order valence-corrected chi connectivity index (χ2v) is 7.08. The fourth-order valence-electron chi connectivity index (χ4n) is 2.44. The zero-order valence-electron chi connectivity index (χ0n) is 12.7. The fourth-order valence-corrected chi connectivity index (χ4v) is 3.92. The molecule has 0 saturated carbocycles. The van der Waals surface area contributed by atoms with E-state index >= 15 is 0 Å². The van der Waals surface area contributed by atoms with Crippen LogP contribution < -0.4 is 11.1 Å². The van der Waals surface area contributed by atoms with Crippen molar-refractivity contribution in [1.29, 1.82) is 0 Å². The van der Waals surface area contributed by atoms with Crippen molar-refractivity contribution >= 4 is 21.9 Å². The first-order valence-electron chi connectivity index (χ1n) is 7.05. The minimum Gasteiger partial charge on any atom is -0.379 e. The molecule has 0 spiro atoms. The number of aromatic nitrogens is 1. The van der Waals surface area contributed by atoms with Crippen molar-refractivity contribution in [2.24, 2.45) is 10.7 Å². The van der Waals surface area contributed by atoms with Crippen LogP contribution in [-0.2, 0) is 6.18 Å². The summed E-state index contributed by atoms with van der Waals surface area (Å²) in [5, 5.41) is 4.92. The molecule has 2 aromatic rings. The predicted molar refractivity (Wildman–Crippen MR) is 92.2 cm³/mol. The molecule has 0 amide bonds. The van der Waals surface area contributed by atoms with E-state index < -0.39 is 22.6 Å². The number of benzene rings is 1. The quantitative estimate of drug-likeness (QED) is 0.733. The molecule has 1 aliphatic heterocycles. The highest BCUT2D eigenvalue weighted by molar-refractivity contribution is 8.32. The van der Waals surface area contributed by atoms with Gasteiger partial charge in [0.15, 0.2) is 0 Å². The number of nitrogens with zero attached hydrogens (tertiary/aromatic N) is 2. The lowest BCUT2D eigenvalue weighted by molar-refractivity contribution is -0.137. The Morgan fingerprint density at radius 2 is 1.96 bits per heavy atom. The Kier molecular flexibility index (Phi) is 4.23. The first-order valence-corrected chi connectivity index (χ1v) is 8.46. The summed E-state index contributed by atoms with van der Waals surface area (Å²) in [6, 6.07) is 7.46. The number of rotatable bonds is 3. The molecule has 2 heterocycles. The van der Waals surface area contributed by atoms with E-state index in [9.17, 15) is 13.2 Å². The van der Waals surface area contributed by atoms with E-state index in [2.05, 4.69) is 15.3 Å². The number of aliphatic imine (C=N–C) groups is 1. The van der Waals surface area contributed by atoms with Gasteiger partial charge in [0.05, 0.1) is 5.56 Å². The van der Waals surface area contributed by atoms with Gasteiger partial charge in [-0.3, -0.25) is 0 Å². The second kappa shape index (κ2) is 6.20. The molecule has 1 aromatic carbocycles. The van der Waals surface area contributed by atoms with Crippen LogP contribution in [0.15, 0.2) is 58.0 Å². The number of thiol groups is 1. The molecule has 0 saturated heterocycles. The molecule has 1 aromatic heterocycles. The summed E-state index contributed by atoms with van der Waals surface area (Å²) in [6.07, 6.45) is -1.47. The van der Waals surface area contributed by atoms with Gasteiger partial charge in [-0.25, -0.2) is 9.98 Å². The highest BCUT2D eigenvalue weighted by Gasteiger charge is 2.34. The van der Waals surface area contributed by atoms with Crippen molar-refractivity contribution in [2.75, 3.05) is 12.4 Å². The number of pyridine rings is 1. The van der Waals surface area contributed by atoms with Crippen molar-refractivity contribution in [3.63, 3.8) is 0 Å². The topological polar surface area (TPSA) is 63.3 Å². The Morgan fingerprint density at radius 3 is 2.58 bits per heavy atom. The highest BCUT2D eigenvalue weighted by atomic mass is 32.2. The van der Waals surface area contributed by atoms with Crippen LogP contribution in [0.3, 0.4) is 0 Å². The Balaban J connectivity index is 2.12. The predicted octanol–water partition coefficient (Wildman–Crippen LogP) is 3.97. The molecule has 8 heteroatoms. The van der Waals surface area contributed by atoms with Crippen molar-refractivity contribution < 1.29 is 13.2 Å². The largest absolute Gasteiger partial charge is 0.417 e. The van der Waals surface area contributed by atoms with Crippen molar-refractivity contribution in [2.45, 2.75) is 11.1 Å². The van der Waals surface area contributed by atoms with E-state index in [1.807, 2.05) is 0 Å². The molecular formula is C16H15F3N4S. The third kappa shape index (κ3) is 3.09. The molecule has 24 heavy (non-hydrogen) atoms. The molecule has 0 radical (unpaired) electrons. The first kappa shape index (κ1) is 16.4. The maximum Gasteiger partial charge on any atom is 0.417 e. The van der Waals surface area contributed by atoms with Gasteiger partial charge < -0.3 is 11.1 Å². The standard InChI is InChI=1S/C16H15F3N4S/c1-21-14-8-10(4-5-22-14)12-3-2-11(9-13(12)16(17,18)19)24-7-6-23-15(24)20/h2-9,24H,1H3,(H2,20,23)(H,21,22). The molecule has 3 rings (SSSR count). The van der Waals surface area contributed by atoms with Crippen LogP contribution in [0.2, 0.25) is 0 Å². The summed E-state index contributed by atoms with van der Waals surface area (Å²) in [4.78, 5) is 8.50. The van der Waals surface area contributed by atoms with Gasteiger partial charge in [-0.05, 0) is 45.7 Å². The second-order valence-electron chi connectivity index (χ2n) is 5.06. The minimum absolute atomic E-state index is 0.110. The number of halogens is 3. The van der Waals surface area contributed by atoms with E-state index in [4.69, 9.17) is 5.73 Å². The van der Waals surface area contributed by atoms with E-state index in [1.165, 1.54) is 24.5 Å². The molecule has 126 valence electrons. The number of nitrogens with two attached hydrogens (primary N) is 1. The zero-order valence-corrected chi connectivity index (χ0v) is 13.6. The normalized spacial score (nSPS) is 18.5. The van der Waals surface area contributed by atoms with Crippen LogP contribution in [0.1, 0.15) is 5.56 Å². The summed E-state index contributed by atoms with van der Waals surface area (Å²) >= 11 is 0. The number of nitrogens with one attached hydrogen (secondary N) is 1. The van der Waals surface area contributed by atoms with Crippen molar-refractivity contribution in [3.8, 4) is 11.1 Å². The molecule has 3 N–H and O–H groups in total. The van der Waals surface area contributed by atoms with Gasteiger partial charge in [0.1, 0.15) is 11.0 Å².